The Balaban J connectivity index is 2.42. The van der Waals surface area contributed by atoms with Gasteiger partial charge in [-0.25, -0.2) is 4.98 Å². The van der Waals surface area contributed by atoms with Crippen LogP contribution in [0.15, 0.2) is 12.3 Å². The molecular weight excluding hydrogens is 244 g/mol. The Bertz CT molecular complexity index is 515. The Labute approximate surface area is 112 Å². The van der Waals surface area contributed by atoms with Gasteiger partial charge >= 0.3 is 0 Å². The number of hydrogen-bond acceptors (Lipinski definition) is 4. The molecule has 0 bridgehead atoms. The zero-order chi connectivity index (χ0) is 13.1. The minimum absolute atomic E-state index is 0.198. The van der Waals surface area contributed by atoms with Crippen molar-refractivity contribution in [3.63, 3.8) is 0 Å². The second-order valence-electron chi connectivity index (χ2n) is 4.25. The van der Waals surface area contributed by atoms with E-state index in [-0.39, 0.29) is 6.04 Å². The molecule has 5 heteroatoms. The summed E-state index contributed by atoms with van der Waals surface area (Å²) in [5.74, 6) is 0. The molecule has 2 heterocycles. The van der Waals surface area contributed by atoms with Crippen molar-refractivity contribution in [3.8, 4) is 0 Å². The highest BCUT2D eigenvalue weighted by Gasteiger charge is 2.21. The number of nitrogens with one attached hydrogen (secondary N) is 1. The number of rotatable bonds is 5. The quantitative estimate of drug-likeness (QED) is 0.903. The molecule has 0 spiro atoms. The van der Waals surface area contributed by atoms with Crippen molar-refractivity contribution >= 4 is 11.3 Å². The van der Waals surface area contributed by atoms with E-state index in [0.29, 0.717) is 0 Å². The van der Waals surface area contributed by atoms with Crippen LogP contribution in [0.4, 0.5) is 0 Å². The topological polar surface area (TPSA) is 42.7 Å². The second kappa shape index (κ2) is 5.63. The van der Waals surface area contributed by atoms with Crippen LogP contribution in [-0.2, 0) is 6.54 Å². The first kappa shape index (κ1) is 13.2. The zero-order valence-electron chi connectivity index (χ0n) is 11.4. The zero-order valence-corrected chi connectivity index (χ0v) is 12.2. The summed E-state index contributed by atoms with van der Waals surface area (Å²) in [6.45, 7) is 10.2. The Morgan fingerprint density at radius 3 is 2.72 bits per heavy atom. The van der Waals surface area contributed by atoms with Gasteiger partial charge in [-0.3, -0.25) is 4.68 Å². The molecule has 2 aromatic rings. The summed E-state index contributed by atoms with van der Waals surface area (Å²) in [4.78, 5) is 5.82. The molecule has 1 unspecified atom stereocenters. The third-order valence-electron chi connectivity index (χ3n) is 2.95. The number of nitrogens with zero attached hydrogens (tertiary/aromatic N) is 3. The normalized spacial score (nSPS) is 12.9. The first-order valence-electron chi connectivity index (χ1n) is 6.36. The first-order valence-corrected chi connectivity index (χ1v) is 7.18. The molecule has 18 heavy (non-hydrogen) atoms. The van der Waals surface area contributed by atoms with Gasteiger partial charge in [-0.05, 0) is 33.4 Å². The Kier molecular flexibility index (Phi) is 4.14. The van der Waals surface area contributed by atoms with Crippen LogP contribution in [0.5, 0.6) is 0 Å². The standard InChI is InChI=1S/C13H20N4S/c1-5-14-12(11-7-8-15-17(11)6-2)13-9(3)16-10(4)18-13/h7-8,12,14H,5-6H2,1-4H3. The molecule has 0 saturated heterocycles. The average Bonchev–Trinajstić information content (AvgIpc) is 2.92. The largest absolute Gasteiger partial charge is 0.305 e. The molecule has 0 saturated carbocycles. The lowest BCUT2D eigenvalue weighted by Gasteiger charge is -2.18. The van der Waals surface area contributed by atoms with Gasteiger partial charge in [0.1, 0.15) is 0 Å². The molecule has 1 atom stereocenters. The van der Waals surface area contributed by atoms with Crippen molar-refractivity contribution in [2.75, 3.05) is 6.54 Å². The van der Waals surface area contributed by atoms with Crippen LogP contribution in [0.1, 0.15) is 41.2 Å². The van der Waals surface area contributed by atoms with Gasteiger partial charge in [0, 0.05) is 12.7 Å². The SMILES string of the molecule is CCNC(c1sc(C)nc1C)c1ccnn1CC. The van der Waals surface area contributed by atoms with E-state index in [2.05, 4.69) is 49.2 Å². The smallest absolute Gasteiger partial charge is 0.0900 e. The number of hydrogen-bond donors (Lipinski definition) is 1. The minimum Gasteiger partial charge on any atom is -0.305 e. The lowest BCUT2D eigenvalue weighted by molar-refractivity contribution is 0.545. The summed E-state index contributed by atoms with van der Waals surface area (Å²) in [6.07, 6.45) is 1.87. The van der Waals surface area contributed by atoms with E-state index in [9.17, 15) is 0 Å². The van der Waals surface area contributed by atoms with E-state index in [1.807, 2.05) is 10.9 Å². The van der Waals surface area contributed by atoms with Crippen LogP contribution in [0.25, 0.3) is 0 Å². The molecule has 0 amide bonds. The summed E-state index contributed by atoms with van der Waals surface area (Å²) < 4.78 is 2.04. The van der Waals surface area contributed by atoms with E-state index in [0.717, 1.165) is 23.8 Å². The highest BCUT2D eigenvalue weighted by Crippen LogP contribution is 2.29. The van der Waals surface area contributed by atoms with Crippen LogP contribution in [-0.4, -0.2) is 21.3 Å². The molecule has 4 nitrogen and oxygen atoms in total. The van der Waals surface area contributed by atoms with Crippen molar-refractivity contribution in [3.05, 3.63) is 33.5 Å². The van der Waals surface area contributed by atoms with Crippen LogP contribution in [0.2, 0.25) is 0 Å². The van der Waals surface area contributed by atoms with E-state index in [1.54, 1.807) is 11.3 Å². The van der Waals surface area contributed by atoms with Gasteiger partial charge in [0.15, 0.2) is 0 Å². The van der Waals surface area contributed by atoms with Crippen LogP contribution in [0.3, 0.4) is 0 Å². The Hall–Kier alpha value is -1.20. The highest BCUT2D eigenvalue weighted by molar-refractivity contribution is 7.11. The fraction of sp³-hybridized carbons (Fsp3) is 0.538. The van der Waals surface area contributed by atoms with Crippen molar-refractivity contribution in [2.24, 2.45) is 0 Å². The molecule has 0 aliphatic carbocycles. The Morgan fingerprint density at radius 1 is 1.39 bits per heavy atom. The first-order chi connectivity index (χ1) is 8.67. The van der Waals surface area contributed by atoms with Crippen LogP contribution in [0, 0.1) is 13.8 Å². The molecule has 98 valence electrons. The van der Waals surface area contributed by atoms with Gasteiger partial charge in [0.05, 0.1) is 27.3 Å². The molecule has 0 aromatic carbocycles. The number of aromatic nitrogens is 3. The summed E-state index contributed by atoms with van der Waals surface area (Å²) in [7, 11) is 0. The minimum atomic E-state index is 0.198. The lowest BCUT2D eigenvalue weighted by Crippen LogP contribution is -2.24. The molecule has 2 rings (SSSR count). The molecule has 2 aromatic heterocycles. The predicted molar refractivity (Wildman–Crippen MR) is 75.0 cm³/mol. The maximum atomic E-state index is 4.53. The van der Waals surface area contributed by atoms with E-state index in [1.165, 1.54) is 10.6 Å². The van der Waals surface area contributed by atoms with E-state index < -0.39 is 0 Å². The predicted octanol–water partition coefficient (Wildman–Crippen LogP) is 2.68. The third-order valence-corrected chi connectivity index (χ3v) is 4.09. The van der Waals surface area contributed by atoms with Crippen molar-refractivity contribution < 1.29 is 0 Å². The lowest BCUT2D eigenvalue weighted by atomic mass is 10.1. The summed E-state index contributed by atoms with van der Waals surface area (Å²) in [5.41, 5.74) is 2.33. The van der Waals surface area contributed by atoms with Crippen molar-refractivity contribution in [1.82, 2.24) is 20.1 Å². The van der Waals surface area contributed by atoms with Gasteiger partial charge in [-0.2, -0.15) is 5.10 Å². The molecule has 1 N–H and O–H groups in total. The van der Waals surface area contributed by atoms with Gasteiger partial charge in [0.25, 0.3) is 0 Å². The second-order valence-corrected chi connectivity index (χ2v) is 5.48. The van der Waals surface area contributed by atoms with Gasteiger partial charge in [-0.1, -0.05) is 6.92 Å². The van der Waals surface area contributed by atoms with Crippen molar-refractivity contribution in [2.45, 2.75) is 40.3 Å². The molecular formula is C13H20N4S. The summed E-state index contributed by atoms with van der Waals surface area (Å²) in [5, 5.41) is 9.02. The van der Waals surface area contributed by atoms with Gasteiger partial charge in [-0.15, -0.1) is 11.3 Å². The molecule has 0 aliphatic heterocycles. The van der Waals surface area contributed by atoms with Crippen molar-refractivity contribution in [1.29, 1.82) is 0 Å². The maximum Gasteiger partial charge on any atom is 0.0900 e. The summed E-state index contributed by atoms with van der Waals surface area (Å²) >= 11 is 1.77. The van der Waals surface area contributed by atoms with Crippen LogP contribution >= 0.6 is 11.3 Å². The van der Waals surface area contributed by atoms with Gasteiger partial charge < -0.3 is 5.32 Å². The van der Waals surface area contributed by atoms with Crippen LogP contribution < -0.4 is 5.32 Å². The molecule has 0 radical (unpaired) electrons. The summed E-state index contributed by atoms with van der Waals surface area (Å²) in [6, 6.07) is 2.29. The van der Waals surface area contributed by atoms with E-state index in [4.69, 9.17) is 0 Å². The maximum absolute atomic E-state index is 4.53. The number of thiazole rings is 1. The number of aryl methyl sites for hydroxylation is 3. The van der Waals surface area contributed by atoms with E-state index >= 15 is 0 Å². The molecule has 0 aliphatic rings. The molecule has 0 fully saturated rings. The fourth-order valence-electron chi connectivity index (χ4n) is 2.20. The average molecular weight is 264 g/mol. The highest BCUT2D eigenvalue weighted by atomic mass is 32.1. The Morgan fingerprint density at radius 2 is 2.17 bits per heavy atom. The monoisotopic (exact) mass is 264 g/mol. The fourth-order valence-corrected chi connectivity index (χ4v) is 3.22. The van der Waals surface area contributed by atoms with Gasteiger partial charge in [0.2, 0.25) is 0 Å². The third kappa shape index (κ3) is 2.47.